The van der Waals surface area contributed by atoms with Gasteiger partial charge in [-0.25, -0.2) is 4.98 Å². The number of rotatable bonds is 2. The van der Waals surface area contributed by atoms with Gasteiger partial charge in [0.25, 0.3) is 5.56 Å². The SMILES string of the molecule is CC(C)c1c(Cl)nc(N(C)C)n(C)c1=O. The predicted molar refractivity (Wildman–Crippen MR) is 62.9 cm³/mol. The van der Waals surface area contributed by atoms with Crippen LogP contribution in [0, 0.1) is 0 Å². The van der Waals surface area contributed by atoms with Crippen LogP contribution in [0.25, 0.3) is 0 Å². The van der Waals surface area contributed by atoms with Gasteiger partial charge in [-0.3, -0.25) is 9.36 Å². The molecule has 0 saturated heterocycles. The molecule has 0 atom stereocenters. The lowest BCUT2D eigenvalue weighted by Gasteiger charge is -2.17. The average Bonchev–Trinajstić information content (AvgIpc) is 2.10. The Morgan fingerprint density at radius 1 is 1.40 bits per heavy atom. The summed E-state index contributed by atoms with van der Waals surface area (Å²) in [5.41, 5.74) is 0.499. The molecule has 0 unspecified atom stereocenters. The third kappa shape index (κ3) is 2.15. The number of aromatic nitrogens is 2. The van der Waals surface area contributed by atoms with E-state index in [-0.39, 0.29) is 11.5 Å². The van der Waals surface area contributed by atoms with Gasteiger partial charge in [0.1, 0.15) is 5.15 Å². The molecule has 0 aliphatic heterocycles. The summed E-state index contributed by atoms with van der Waals surface area (Å²) in [6.45, 7) is 3.86. The maximum absolute atomic E-state index is 12.0. The third-order valence-electron chi connectivity index (χ3n) is 2.23. The van der Waals surface area contributed by atoms with Gasteiger partial charge in [-0.05, 0) is 5.92 Å². The summed E-state index contributed by atoms with van der Waals surface area (Å²) in [5, 5.41) is 0.303. The number of hydrogen-bond donors (Lipinski definition) is 0. The van der Waals surface area contributed by atoms with E-state index < -0.39 is 0 Å². The Balaban J connectivity index is 3.52. The van der Waals surface area contributed by atoms with Crippen molar-refractivity contribution >= 4 is 17.5 Å². The summed E-state index contributed by atoms with van der Waals surface area (Å²) in [6.07, 6.45) is 0. The standard InChI is InChI=1S/C10H16ClN3O/c1-6(2)7-8(11)12-10(13(3)4)14(5)9(7)15/h6H,1-5H3. The topological polar surface area (TPSA) is 38.1 Å². The van der Waals surface area contributed by atoms with Gasteiger partial charge in [0.05, 0.1) is 5.56 Å². The van der Waals surface area contributed by atoms with Crippen LogP contribution in [0.5, 0.6) is 0 Å². The van der Waals surface area contributed by atoms with E-state index in [1.165, 1.54) is 4.57 Å². The molecule has 5 heteroatoms. The molecular formula is C10H16ClN3O. The van der Waals surface area contributed by atoms with Crippen LogP contribution in [0.1, 0.15) is 25.3 Å². The van der Waals surface area contributed by atoms with E-state index in [1.807, 2.05) is 27.9 Å². The lowest BCUT2D eigenvalue weighted by Crippen LogP contribution is -2.29. The molecule has 0 spiro atoms. The molecule has 0 amide bonds. The monoisotopic (exact) mass is 229 g/mol. The number of hydrogen-bond acceptors (Lipinski definition) is 3. The number of nitrogens with zero attached hydrogens (tertiary/aromatic N) is 3. The minimum atomic E-state index is -0.0753. The first kappa shape index (κ1) is 12.0. The molecule has 0 aliphatic rings. The van der Waals surface area contributed by atoms with E-state index in [4.69, 9.17) is 11.6 Å². The Labute approximate surface area is 94.5 Å². The summed E-state index contributed by atoms with van der Waals surface area (Å²) in [5.74, 6) is 0.648. The quantitative estimate of drug-likeness (QED) is 0.724. The highest BCUT2D eigenvalue weighted by atomic mass is 35.5. The van der Waals surface area contributed by atoms with Gasteiger partial charge >= 0.3 is 0 Å². The third-order valence-corrected chi connectivity index (χ3v) is 2.52. The van der Waals surface area contributed by atoms with Crippen LogP contribution in [0.15, 0.2) is 4.79 Å². The van der Waals surface area contributed by atoms with E-state index in [1.54, 1.807) is 11.9 Å². The van der Waals surface area contributed by atoms with Crippen LogP contribution in [0.2, 0.25) is 5.15 Å². The zero-order valence-corrected chi connectivity index (χ0v) is 10.5. The van der Waals surface area contributed by atoms with Gasteiger partial charge in [-0.15, -0.1) is 0 Å². The van der Waals surface area contributed by atoms with Crippen LogP contribution in [0.3, 0.4) is 0 Å². The second-order valence-corrected chi connectivity index (χ2v) is 4.39. The lowest BCUT2D eigenvalue weighted by molar-refractivity contribution is 0.741. The van der Waals surface area contributed by atoms with Crippen LogP contribution in [-0.2, 0) is 7.05 Å². The molecule has 0 N–H and O–H groups in total. The van der Waals surface area contributed by atoms with Crippen LogP contribution < -0.4 is 10.5 Å². The molecule has 0 bridgehead atoms. The van der Waals surface area contributed by atoms with Gasteiger partial charge < -0.3 is 4.90 Å². The molecule has 4 nitrogen and oxygen atoms in total. The van der Waals surface area contributed by atoms with Gasteiger partial charge in [0, 0.05) is 21.1 Å². The van der Waals surface area contributed by atoms with E-state index in [9.17, 15) is 4.79 Å². The number of anilines is 1. The molecular weight excluding hydrogens is 214 g/mol. The highest BCUT2D eigenvalue weighted by molar-refractivity contribution is 6.30. The molecule has 1 aromatic heterocycles. The van der Waals surface area contributed by atoms with Crippen molar-refractivity contribution in [3.8, 4) is 0 Å². The summed E-state index contributed by atoms with van der Waals surface area (Å²) in [6, 6.07) is 0. The Morgan fingerprint density at radius 3 is 2.33 bits per heavy atom. The zero-order valence-electron chi connectivity index (χ0n) is 9.71. The number of halogens is 1. The molecule has 15 heavy (non-hydrogen) atoms. The molecule has 0 fully saturated rings. The average molecular weight is 230 g/mol. The van der Waals surface area contributed by atoms with Crippen molar-refractivity contribution < 1.29 is 0 Å². The van der Waals surface area contributed by atoms with Crippen LogP contribution >= 0.6 is 11.6 Å². The molecule has 0 aliphatic carbocycles. The van der Waals surface area contributed by atoms with Gasteiger partial charge in [-0.1, -0.05) is 25.4 Å². The van der Waals surface area contributed by atoms with Gasteiger partial charge in [0.15, 0.2) is 0 Å². The normalized spacial score (nSPS) is 10.9. The predicted octanol–water partition coefficient (Wildman–Crippen LogP) is 1.62. The van der Waals surface area contributed by atoms with E-state index >= 15 is 0 Å². The molecule has 0 saturated carbocycles. The van der Waals surface area contributed by atoms with Crippen LogP contribution in [0.4, 0.5) is 5.95 Å². The summed E-state index contributed by atoms with van der Waals surface area (Å²) < 4.78 is 1.52. The highest BCUT2D eigenvalue weighted by Gasteiger charge is 2.16. The highest BCUT2D eigenvalue weighted by Crippen LogP contribution is 2.20. The first-order valence-corrected chi connectivity index (χ1v) is 5.17. The summed E-state index contributed by atoms with van der Waals surface area (Å²) in [4.78, 5) is 17.9. The smallest absolute Gasteiger partial charge is 0.259 e. The molecule has 1 heterocycles. The van der Waals surface area contributed by atoms with Crippen LogP contribution in [-0.4, -0.2) is 23.6 Å². The minimum Gasteiger partial charge on any atom is -0.348 e. The largest absolute Gasteiger partial charge is 0.348 e. The van der Waals surface area contributed by atoms with Crippen molar-refractivity contribution in [1.29, 1.82) is 0 Å². The Kier molecular flexibility index (Phi) is 3.39. The van der Waals surface area contributed by atoms with E-state index in [2.05, 4.69) is 4.98 Å². The first-order valence-electron chi connectivity index (χ1n) is 4.80. The maximum atomic E-state index is 12.0. The van der Waals surface area contributed by atoms with Crippen molar-refractivity contribution in [2.45, 2.75) is 19.8 Å². The van der Waals surface area contributed by atoms with Gasteiger partial charge in [-0.2, -0.15) is 0 Å². The Bertz CT molecular complexity index is 423. The maximum Gasteiger partial charge on any atom is 0.259 e. The molecule has 0 aromatic carbocycles. The second-order valence-electron chi connectivity index (χ2n) is 4.03. The summed E-state index contributed by atoms with van der Waals surface area (Å²) >= 11 is 5.99. The first-order chi connectivity index (χ1) is 6.86. The van der Waals surface area contributed by atoms with Gasteiger partial charge in [0.2, 0.25) is 5.95 Å². The summed E-state index contributed by atoms with van der Waals surface area (Å²) in [7, 11) is 5.35. The lowest BCUT2D eigenvalue weighted by atomic mass is 10.1. The Morgan fingerprint density at radius 2 is 1.93 bits per heavy atom. The fraction of sp³-hybridized carbons (Fsp3) is 0.600. The van der Waals surface area contributed by atoms with E-state index in [0.717, 1.165) is 0 Å². The minimum absolute atomic E-state index is 0.0753. The molecule has 1 aromatic rings. The van der Waals surface area contributed by atoms with Crippen molar-refractivity contribution in [1.82, 2.24) is 9.55 Å². The van der Waals surface area contributed by atoms with Crippen molar-refractivity contribution in [2.24, 2.45) is 7.05 Å². The van der Waals surface area contributed by atoms with Crippen molar-refractivity contribution in [3.63, 3.8) is 0 Å². The fourth-order valence-electron chi connectivity index (χ4n) is 1.47. The fourth-order valence-corrected chi connectivity index (χ4v) is 1.84. The van der Waals surface area contributed by atoms with Crippen molar-refractivity contribution in [2.75, 3.05) is 19.0 Å². The van der Waals surface area contributed by atoms with E-state index in [0.29, 0.717) is 16.7 Å². The second kappa shape index (κ2) is 4.23. The molecule has 0 radical (unpaired) electrons. The Hall–Kier alpha value is -1.03. The van der Waals surface area contributed by atoms with Crippen molar-refractivity contribution in [3.05, 3.63) is 21.1 Å². The molecule has 1 rings (SSSR count). The zero-order chi connectivity index (χ0) is 11.7. The molecule has 84 valence electrons.